The van der Waals surface area contributed by atoms with E-state index >= 15 is 0 Å². The van der Waals surface area contributed by atoms with Crippen molar-refractivity contribution in [2.75, 3.05) is 13.6 Å². The molecule has 5 heteroatoms. The van der Waals surface area contributed by atoms with Gasteiger partial charge in [-0.2, -0.15) is 5.06 Å². The third-order valence-corrected chi connectivity index (χ3v) is 3.01. The molecule has 15 heavy (non-hydrogen) atoms. The third kappa shape index (κ3) is 2.90. The largest absolute Gasteiger partial charge is 0.356 e. The summed E-state index contributed by atoms with van der Waals surface area (Å²) in [6, 6.07) is -0.0750. The Bertz CT molecular complexity index is 223. The summed E-state index contributed by atoms with van der Waals surface area (Å²) < 4.78 is 0. The Balaban J connectivity index is 2.50. The molecule has 0 aliphatic carbocycles. The van der Waals surface area contributed by atoms with Crippen molar-refractivity contribution in [3.05, 3.63) is 0 Å². The minimum atomic E-state index is -0.0750. The van der Waals surface area contributed by atoms with Crippen LogP contribution in [0.2, 0.25) is 0 Å². The van der Waals surface area contributed by atoms with E-state index in [0.29, 0.717) is 18.9 Å². The molecule has 0 aromatic carbocycles. The van der Waals surface area contributed by atoms with Crippen LogP contribution in [0.25, 0.3) is 0 Å². The number of carbonyl (C=O) groups excluding carboxylic acids is 1. The Morgan fingerprint density at radius 3 is 2.73 bits per heavy atom. The average Bonchev–Trinajstić information content (AvgIpc) is 2.45. The summed E-state index contributed by atoms with van der Waals surface area (Å²) in [7, 11) is 1.81. The minimum Gasteiger partial charge on any atom is -0.356 e. The second kappa shape index (κ2) is 5.44. The van der Waals surface area contributed by atoms with Crippen molar-refractivity contribution in [3.63, 3.8) is 0 Å². The fourth-order valence-corrected chi connectivity index (χ4v) is 2.11. The van der Waals surface area contributed by atoms with E-state index in [4.69, 9.17) is 0 Å². The van der Waals surface area contributed by atoms with Crippen molar-refractivity contribution in [3.8, 4) is 0 Å². The number of amides is 1. The van der Waals surface area contributed by atoms with Crippen molar-refractivity contribution in [1.29, 1.82) is 0 Å². The minimum absolute atomic E-state index is 0.00477. The predicted octanol–water partition coefficient (Wildman–Crippen LogP) is 0.158. The quantitative estimate of drug-likeness (QED) is 0.625. The zero-order valence-corrected chi connectivity index (χ0v) is 9.66. The fraction of sp³-hybridized carbons (Fsp3) is 0.900. The Morgan fingerprint density at radius 2 is 2.27 bits per heavy atom. The zero-order valence-electron chi connectivity index (χ0n) is 9.66. The number of nitrogens with one attached hydrogen (secondary N) is 2. The van der Waals surface area contributed by atoms with E-state index in [0.717, 1.165) is 6.42 Å². The van der Waals surface area contributed by atoms with Crippen LogP contribution in [0.3, 0.4) is 0 Å². The molecule has 0 bridgehead atoms. The van der Waals surface area contributed by atoms with Gasteiger partial charge in [-0.1, -0.05) is 6.92 Å². The van der Waals surface area contributed by atoms with Gasteiger partial charge in [-0.15, -0.1) is 0 Å². The molecule has 0 aromatic rings. The van der Waals surface area contributed by atoms with Crippen molar-refractivity contribution >= 4 is 5.91 Å². The molecule has 0 saturated carbocycles. The normalized spacial score (nSPS) is 31.9. The number of hydrogen-bond donors (Lipinski definition) is 3. The number of carbonyl (C=O) groups is 1. The van der Waals surface area contributed by atoms with Gasteiger partial charge in [0.25, 0.3) is 0 Å². The maximum atomic E-state index is 11.4. The highest BCUT2D eigenvalue weighted by atomic mass is 16.5. The smallest absolute Gasteiger partial charge is 0.221 e. The summed E-state index contributed by atoms with van der Waals surface area (Å²) in [6.07, 6.45) is 1.21. The summed E-state index contributed by atoms with van der Waals surface area (Å²) in [5, 5.41) is 16.9. The topological polar surface area (TPSA) is 64.6 Å². The lowest BCUT2D eigenvalue weighted by Crippen LogP contribution is -2.43. The SMILES string of the molecule is CCNC(=O)CC1C(C)CC(NC)N1O. The van der Waals surface area contributed by atoms with Crippen LogP contribution in [-0.2, 0) is 4.79 Å². The molecule has 1 rings (SSSR count). The lowest BCUT2D eigenvalue weighted by Gasteiger charge is -2.23. The molecule has 3 unspecified atom stereocenters. The fourth-order valence-electron chi connectivity index (χ4n) is 2.11. The molecule has 1 fully saturated rings. The summed E-state index contributed by atoms with van der Waals surface area (Å²) in [6.45, 7) is 4.59. The van der Waals surface area contributed by atoms with E-state index in [2.05, 4.69) is 17.6 Å². The molecule has 1 heterocycles. The Kier molecular flexibility index (Phi) is 4.50. The molecule has 1 aliphatic rings. The van der Waals surface area contributed by atoms with E-state index in [1.807, 2.05) is 14.0 Å². The first kappa shape index (κ1) is 12.4. The first-order valence-electron chi connectivity index (χ1n) is 5.51. The Morgan fingerprint density at radius 1 is 1.60 bits per heavy atom. The predicted molar refractivity (Wildman–Crippen MR) is 57.3 cm³/mol. The summed E-state index contributed by atoms with van der Waals surface area (Å²) in [5.41, 5.74) is 0. The van der Waals surface area contributed by atoms with Gasteiger partial charge in [0.05, 0.1) is 6.17 Å². The maximum absolute atomic E-state index is 11.4. The van der Waals surface area contributed by atoms with E-state index in [-0.39, 0.29) is 18.1 Å². The number of rotatable bonds is 4. The lowest BCUT2D eigenvalue weighted by molar-refractivity contribution is -0.151. The molecular formula is C10H21N3O2. The van der Waals surface area contributed by atoms with Gasteiger partial charge in [0.2, 0.25) is 5.91 Å². The van der Waals surface area contributed by atoms with Crippen molar-refractivity contribution in [2.24, 2.45) is 5.92 Å². The highest BCUT2D eigenvalue weighted by Gasteiger charge is 2.38. The highest BCUT2D eigenvalue weighted by Crippen LogP contribution is 2.28. The van der Waals surface area contributed by atoms with Gasteiger partial charge in [-0.3, -0.25) is 4.79 Å². The van der Waals surface area contributed by atoms with Gasteiger partial charge in [-0.05, 0) is 26.3 Å². The van der Waals surface area contributed by atoms with E-state index in [9.17, 15) is 10.0 Å². The molecule has 5 nitrogen and oxygen atoms in total. The molecule has 1 saturated heterocycles. The van der Waals surface area contributed by atoms with Crippen molar-refractivity contribution < 1.29 is 10.0 Å². The van der Waals surface area contributed by atoms with Crippen molar-refractivity contribution in [2.45, 2.75) is 38.9 Å². The van der Waals surface area contributed by atoms with Gasteiger partial charge in [-0.25, -0.2) is 0 Å². The number of nitrogens with zero attached hydrogens (tertiary/aromatic N) is 1. The first-order valence-corrected chi connectivity index (χ1v) is 5.51. The van der Waals surface area contributed by atoms with Crippen LogP contribution in [-0.4, -0.2) is 42.0 Å². The molecule has 3 N–H and O–H groups in total. The van der Waals surface area contributed by atoms with Gasteiger partial charge < -0.3 is 15.8 Å². The second-order valence-corrected chi connectivity index (χ2v) is 4.12. The van der Waals surface area contributed by atoms with Crippen LogP contribution in [0.5, 0.6) is 0 Å². The summed E-state index contributed by atoms with van der Waals surface area (Å²) in [5.74, 6) is 0.334. The van der Waals surface area contributed by atoms with E-state index in [1.165, 1.54) is 5.06 Å². The molecule has 0 aromatic heterocycles. The van der Waals surface area contributed by atoms with Crippen molar-refractivity contribution in [1.82, 2.24) is 15.7 Å². The second-order valence-electron chi connectivity index (χ2n) is 4.12. The molecule has 3 atom stereocenters. The maximum Gasteiger partial charge on any atom is 0.221 e. The van der Waals surface area contributed by atoms with Gasteiger partial charge in [0, 0.05) is 19.0 Å². The van der Waals surface area contributed by atoms with Gasteiger partial charge in [0.1, 0.15) is 0 Å². The molecule has 0 radical (unpaired) electrons. The van der Waals surface area contributed by atoms with Crippen LogP contribution >= 0.6 is 0 Å². The monoisotopic (exact) mass is 215 g/mol. The number of hydrogen-bond acceptors (Lipinski definition) is 4. The molecule has 1 aliphatic heterocycles. The van der Waals surface area contributed by atoms with E-state index in [1.54, 1.807) is 0 Å². The summed E-state index contributed by atoms with van der Waals surface area (Å²) in [4.78, 5) is 11.4. The van der Waals surface area contributed by atoms with Crippen LogP contribution in [0.4, 0.5) is 0 Å². The van der Waals surface area contributed by atoms with E-state index < -0.39 is 0 Å². The van der Waals surface area contributed by atoms with Gasteiger partial charge >= 0.3 is 0 Å². The highest BCUT2D eigenvalue weighted by molar-refractivity contribution is 5.76. The third-order valence-electron chi connectivity index (χ3n) is 3.01. The Hall–Kier alpha value is -0.650. The molecule has 0 spiro atoms. The number of hydroxylamine groups is 2. The first-order chi connectivity index (χ1) is 7.10. The van der Waals surface area contributed by atoms with Crippen LogP contribution in [0, 0.1) is 5.92 Å². The molecule has 88 valence electrons. The molecule has 1 amide bonds. The van der Waals surface area contributed by atoms with Crippen LogP contribution in [0.1, 0.15) is 26.7 Å². The average molecular weight is 215 g/mol. The molecular weight excluding hydrogens is 194 g/mol. The zero-order chi connectivity index (χ0) is 11.4. The standard InChI is InChI=1S/C10H21N3O2/c1-4-12-10(14)6-8-7(2)5-9(11-3)13(8)15/h7-9,11,15H,4-6H2,1-3H3,(H,12,14). The Labute approximate surface area is 90.8 Å². The van der Waals surface area contributed by atoms with Crippen LogP contribution in [0.15, 0.2) is 0 Å². The van der Waals surface area contributed by atoms with Crippen LogP contribution < -0.4 is 10.6 Å². The lowest BCUT2D eigenvalue weighted by atomic mass is 10.00. The van der Waals surface area contributed by atoms with Gasteiger partial charge in [0.15, 0.2) is 0 Å². The summed E-state index contributed by atoms with van der Waals surface area (Å²) >= 11 is 0.